The van der Waals surface area contributed by atoms with E-state index in [1.165, 1.54) is 18.3 Å². The average molecular weight is 444 g/mol. The summed E-state index contributed by atoms with van der Waals surface area (Å²) in [6.45, 7) is 1.42. The van der Waals surface area contributed by atoms with Gasteiger partial charge in [0.1, 0.15) is 5.56 Å². The van der Waals surface area contributed by atoms with E-state index in [1.807, 2.05) is 19.1 Å². The molecule has 2 rings (SSSR count). The highest BCUT2D eigenvalue weighted by atomic mass is 79.9. The second-order valence-corrected chi connectivity index (χ2v) is 6.35. The van der Waals surface area contributed by atoms with Crippen molar-refractivity contribution in [1.82, 2.24) is 4.98 Å². The normalized spacial score (nSPS) is 10.2. The number of hydrogen-bond donors (Lipinski definition) is 2. The van der Waals surface area contributed by atoms with Gasteiger partial charge in [-0.05, 0) is 68.6 Å². The highest BCUT2D eigenvalue weighted by molar-refractivity contribution is 9.11. The van der Waals surface area contributed by atoms with Crippen molar-refractivity contribution in [3.05, 3.63) is 60.9 Å². The molecule has 0 saturated heterocycles. The van der Waals surface area contributed by atoms with Gasteiger partial charge in [0.25, 0.3) is 11.5 Å². The lowest BCUT2D eigenvalue weighted by Crippen LogP contribution is -2.24. The van der Waals surface area contributed by atoms with Gasteiger partial charge in [-0.3, -0.25) is 9.59 Å². The van der Waals surface area contributed by atoms with E-state index in [0.29, 0.717) is 14.6 Å². The van der Waals surface area contributed by atoms with Gasteiger partial charge in [0, 0.05) is 15.1 Å². The van der Waals surface area contributed by atoms with E-state index in [4.69, 9.17) is 4.74 Å². The number of pyridine rings is 1. The fraction of sp³-hybridized carbons (Fsp3) is 0.133. The average Bonchev–Trinajstić information content (AvgIpc) is 2.49. The van der Waals surface area contributed by atoms with Gasteiger partial charge in [0.05, 0.1) is 5.69 Å². The highest BCUT2D eigenvalue weighted by Gasteiger charge is 2.15. The minimum Gasteiger partial charge on any atom is -0.452 e. The van der Waals surface area contributed by atoms with Gasteiger partial charge in [0.15, 0.2) is 6.61 Å². The number of rotatable bonds is 4. The monoisotopic (exact) mass is 442 g/mol. The minimum absolute atomic E-state index is 0.155. The molecule has 2 aromatic rings. The van der Waals surface area contributed by atoms with Crippen molar-refractivity contribution in [3.8, 4) is 0 Å². The van der Waals surface area contributed by atoms with Crippen LogP contribution in [-0.2, 0) is 9.53 Å². The van der Waals surface area contributed by atoms with Crippen LogP contribution < -0.4 is 10.9 Å². The zero-order chi connectivity index (χ0) is 17.0. The van der Waals surface area contributed by atoms with E-state index in [1.54, 1.807) is 0 Å². The number of aromatic amines is 1. The summed E-state index contributed by atoms with van der Waals surface area (Å²) in [5, 5.41) is 2.63. The molecule has 8 heteroatoms. The number of hydrogen-bond acceptors (Lipinski definition) is 4. The summed E-state index contributed by atoms with van der Waals surface area (Å²) in [4.78, 5) is 37.5. The third kappa shape index (κ3) is 4.52. The fourth-order valence-corrected chi connectivity index (χ4v) is 3.40. The Labute approximate surface area is 148 Å². The van der Waals surface area contributed by atoms with Gasteiger partial charge in [-0.1, -0.05) is 0 Å². The van der Waals surface area contributed by atoms with Crippen LogP contribution in [0.2, 0.25) is 0 Å². The molecule has 0 spiro atoms. The van der Waals surface area contributed by atoms with E-state index in [9.17, 15) is 14.4 Å². The number of aryl methyl sites for hydroxylation is 1. The van der Waals surface area contributed by atoms with Crippen molar-refractivity contribution in [2.45, 2.75) is 6.92 Å². The van der Waals surface area contributed by atoms with Gasteiger partial charge in [0.2, 0.25) is 0 Å². The van der Waals surface area contributed by atoms with Crippen molar-refractivity contribution in [2.75, 3.05) is 11.9 Å². The lowest BCUT2D eigenvalue weighted by molar-refractivity contribution is -0.119. The van der Waals surface area contributed by atoms with Gasteiger partial charge >= 0.3 is 5.97 Å². The molecule has 0 fully saturated rings. The Bertz CT molecular complexity index is 794. The summed E-state index contributed by atoms with van der Waals surface area (Å²) in [5.74, 6) is -1.37. The molecule has 120 valence electrons. The van der Waals surface area contributed by atoms with Crippen molar-refractivity contribution in [3.63, 3.8) is 0 Å². The number of halogens is 2. The van der Waals surface area contributed by atoms with Crippen molar-refractivity contribution < 1.29 is 14.3 Å². The Hall–Kier alpha value is -1.93. The first-order chi connectivity index (χ1) is 10.9. The number of anilines is 1. The second kappa shape index (κ2) is 7.56. The summed E-state index contributed by atoms with van der Waals surface area (Å²) in [7, 11) is 0. The Balaban J connectivity index is 2.00. The van der Waals surface area contributed by atoms with E-state index < -0.39 is 24.0 Å². The van der Waals surface area contributed by atoms with Crippen molar-refractivity contribution >= 4 is 49.4 Å². The van der Waals surface area contributed by atoms with Crippen LogP contribution in [0.5, 0.6) is 0 Å². The topological polar surface area (TPSA) is 88.3 Å². The van der Waals surface area contributed by atoms with Crippen LogP contribution in [0.15, 0.2) is 44.2 Å². The molecule has 23 heavy (non-hydrogen) atoms. The molecule has 0 atom stereocenters. The number of carbonyl (C=O) groups excluding carboxylic acids is 2. The van der Waals surface area contributed by atoms with Crippen molar-refractivity contribution in [2.24, 2.45) is 0 Å². The van der Waals surface area contributed by atoms with Crippen LogP contribution >= 0.6 is 31.9 Å². The number of nitrogens with one attached hydrogen (secondary N) is 2. The first-order valence-electron chi connectivity index (χ1n) is 6.49. The maximum Gasteiger partial charge on any atom is 0.344 e. The van der Waals surface area contributed by atoms with Gasteiger partial charge in [-0.2, -0.15) is 0 Å². The molecule has 0 aliphatic carbocycles. The molecule has 0 aliphatic heterocycles. The lowest BCUT2D eigenvalue weighted by Gasteiger charge is -2.11. The first kappa shape index (κ1) is 17.4. The van der Waals surface area contributed by atoms with Crippen LogP contribution in [0.25, 0.3) is 0 Å². The van der Waals surface area contributed by atoms with Crippen LogP contribution in [0.3, 0.4) is 0 Å². The standard InChI is InChI=1S/C15H12Br2N2O4/c1-8-5-10(16)13(11(17)6-8)19-12(20)7-23-15(22)9-3-2-4-18-14(9)21/h2-6H,7H2,1H3,(H,18,21)(H,19,20). The highest BCUT2D eigenvalue weighted by Crippen LogP contribution is 2.32. The fourth-order valence-electron chi connectivity index (χ4n) is 1.79. The van der Waals surface area contributed by atoms with Gasteiger partial charge in [-0.25, -0.2) is 4.79 Å². The summed E-state index contributed by atoms with van der Waals surface area (Å²) < 4.78 is 6.24. The van der Waals surface area contributed by atoms with E-state index in [-0.39, 0.29) is 5.56 Å². The molecule has 6 nitrogen and oxygen atoms in total. The maximum absolute atomic E-state index is 11.9. The SMILES string of the molecule is Cc1cc(Br)c(NC(=O)COC(=O)c2ccc[nH]c2=O)c(Br)c1. The molecule has 1 heterocycles. The first-order valence-corrected chi connectivity index (χ1v) is 8.07. The van der Waals surface area contributed by atoms with Crippen LogP contribution in [0.1, 0.15) is 15.9 Å². The maximum atomic E-state index is 11.9. The molecule has 0 saturated carbocycles. The largest absolute Gasteiger partial charge is 0.452 e. The summed E-state index contributed by atoms with van der Waals surface area (Å²) in [6.07, 6.45) is 1.40. The summed E-state index contributed by atoms with van der Waals surface area (Å²) in [5.41, 5.74) is 0.825. The summed E-state index contributed by atoms with van der Waals surface area (Å²) in [6, 6.07) is 6.51. The van der Waals surface area contributed by atoms with Gasteiger partial charge < -0.3 is 15.0 Å². The smallest absolute Gasteiger partial charge is 0.344 e. The molecular weight excluding hydrogens is 432 g/mol. The predicted molar refractivity (Wildman–Crippen MR) is 92.6 cm³/mol. The molecule has 0 unspecified atom stereocenters. The zero-order valence-electron chi connectivity index (χ0n) is 12.0. The summed E-state index contributed by atoms with van der Waals surface area (Å²) >= 11 is 6.71. The number of aromatic nitrogens is 1. The Morgan fingerprint density at radius 1 is 1.26 bits per heavy atom. The lowest BCUT2D eigenvalue weighted by atomic mass is 10.2. The molecule has 1 amide bonds. The van der Waals surface area contributed by atoms with Crippen molar-refractivity contribution in [1.29, 1.82) is 0 Å². The number of esters is 1. The zero-order valence-corrected chi connectivity index (χ0v) is 15.2. The Kier molecular flexibility index (Phi) is 5.73. The number of H-pyrrole nitrogens is 1. The third-order valence-electron chi connectivity index (χ3n) is 2.82. The molecule has 1 aromatic heterocycles. The number of amides is 1. The van der Waals surface area contributed by atoms with Crippen LogP contribution in [-0.4, -0.2) is 23.5 Å². The number of carbonyl (C=O) groups is 2. The van der Waals surface area contributed by atoms with E-state index >= 15 is 0 Å². The molecule has 2 N–H and O–H groups in total. The Morgan fingerprint density at radius 2 is 1.91 bits per heavy atom. The molecule has 0 bridgehead atoms. The molecule has 0 radical (unpaired) electrons. The van der Waals surface area contributed by atoms with E-state index in [0.717, 1.165) is 5.56 Å². The van der Waals surface area contributed by atoms with Crippen LogP contribution in [0, 0.1) is 6.92 Å². The van der Waals surface area contributed by atoms with Gasteiger partial charge in [-0.15, -0.1) is 0 Å². The second-order valence-electron chi connectivity index (χ2n) is 4.64. The molecule has 1 aromatic carbocycles. The quantitative estimate of drug-likeness (QED) is 0.711. The third-order valence-corrected chi connectivity index (χ3v) is 4.07. The minimum atomic E-state index is -0.857. The molecular formula is C15H12Br2N2O4. The predicted octanol–water partition coefficient (Wildman–Crippen LogP) is 3.00. The number of benzene rings is 1. The number of ether oxygens (including phenoxy) is 1. The van der Waals surface area contributed by atoms with Crippen LogP contribution in [0.4, 0.5) is 5.69 Å². The van der Waals surface area contributed by atoms with E-state index in [2.05, 4.69) is 42.2 Å². The Morgan fingerprint density at radius 3 is 2.52 bits per heavy atom. The molecule has 0 aliphatic rings.